The molecule has 0 aliphatic carbocycles. The van der Waals surface area contributed by atoms with Crippen molar-refractivity contribution in [1.82, 2.24) is 0 Å². The number of methoxy groups -OCH3 is 2. The fraction of sp³-hybridized carbons (Fsp3) is 0.103. The third kappa shape index (κ3) is 6.93. The molecular weight excluding hydrogens is 518 g/mol. The molecule has 2 N–H and O–H groups in total. The number of benzene rings is 4. The lowest BCUT2D eigenvalue weighted by atomic mass is 10.1. The summed E-state index contributed by atoms with van der Waals surface area (Å²) in [5.74, 6) is 0.470. The highest BCUT2D eigenvalue weighted by Gasteiger charge is 2.23. The average Bonchev–Trinajstić information content (AvgIpc) is 2.97. The molecule has 0 fully saturated rings. The Kier molecular flexibility index (Phi) is 8.80. The molecule has 0 saturated heterocycles. The van der Waals surface area contributed by atoms with Crippen LogP contribution in [0, 0.1) is 10.1 Å². The number of nitrogens with zero attached hydrogens (tertiary/aromatic N) is 1. The Balaban J connectivity index is 1.49. The van der Waals surface area contributed by atoms with E-state index in [4.69, 9.17) is 9.47 Å². The lowest BCUT2D eigenvalue weighted by Crippen LogP contribution is -2.19. The smallest absolute Gasteiger partial charge is 0.269 e. The van der Waals surface area contributed by atoms with Gasteiger partial charge in [0.2, 0.25) is 5.91 Å². The highest BCUT2D eigenvalue weighted by Crippen LogP contribution is 2.38. The van der Waals surface area contributed by atoms with E-state index in [1.54, 1.807) is 37.4 Å². The molecule has 0 saturated carbocycles. The molecule has 0 aliphatic rings. The second-order valence-corrected chi connectivity index (χ2v) is 9.43. The van der Waals surface area contributed by atoms with Gasteiger partial charge < -0.3 is 20.1 Å². The summed E-state index contributed by atoms with van der Waals surface area (Å²) in [6, 6.07) is 27.0. The SMILES string of the molecule is COc1ccc(NC(=O)C(Sc2ccc(NC(=O)c3ccc([N+](=O)[O-])cc3)cc2)c2ccccc2)c(OC)c1. The number of carbonyl (C=O) groups is 2. The van der Waals surface area contributed by atoms with E-state index in [-0.39, 0.29) is 17.5 Å². The second-order valence-electron chi connectivity index (χ2n) is 8.25. The van der Waals surface area contributed by atoms with Gasteiger partial charge in [0, 0.05) is 34.3 Å². The van der Waals surface area contributed by atoms with Gasteiger partial charge in [0.25, 0.3) is 11.6 Å². The van der Waals surface area contributed by atoms with Crippen LogP contribution in [0.1, 0.15) is 21.2 Å². The maximum atomic E-state index is 13.5. The van der Waals surface area contributed by atoms with Gasteiger partial charge >= 0.3 is 0 Å². The van der Waals surface area contributed by atoms with Gasteiger partial charge in [0.15, 0.2) is 0 Å². The van der Waals surface area contributed by atoms with Crippen molar-refractivity contribution in [3.63, 3.8) is 0 Å². The third-order valence-electron chi connectivity index (χ3n) is 5.71. The van der Waals surface area contributed by atoms with E-state index in [2.05, 4.69) is 10.6 Å². The number of anilines is 2. The van der Waals surface area contributed by atoms with E-state index in [0.29, 0.717) is 28.4 Å². The molecule has 9 nitrogen and oxygen atoms in total. The van der Waals surface area contributed by atoms with Crippen molar-refractivity contribution in [3.05, 3.63) is 118 Å². The van der Waals surface area contributed by atoms with Crippen LogP contribution in [0.15, 0.2) is 102 Å². The zero-order valence-electron chi connectivity index (χ0n) is 21.1. The van der Waals surface area contributed by atoms with Crippen LogP contribution in [0.5, 0.6) is 11.5 Å². The zero-order valence-corrected chi connectivity index (χ0v) is 21.9. The first-order chi connectivity index (χ1) is 18.9. The van der Waals surface area contributed by atoms with Gasteiger partial charge in [-0.3, -0.25) is 19.7 Å². The normalized spacial score (nSPS) is 11.2. The van der Waals surface area contributed by atoms with Crippen molar-refractivity contribution in [2.45, 2.75) is 10.1 Å². The number of ether oxygens (including phenoxy) is 2. The number of nitrogens with one attached hydrogen (secondary N) is 2. The highest BCUT2D eigenvalue weighted by molar-refractivity contribution is 8.00. The lowest BCUT2D eigenvalue weighted by Gasteiger charge is -2.19. The molecule has 1 unspecified atom stereocenters. The molecule has 10 heteroatoms. The number of amides is 2. The molecule has 4 rings (SSSR count). The standard InChI is InChI=1S/C29H25N3O6S/c1-37-23-14-17-25(26(18-23)38-2)31-29(34)27(19-6-4-3-5-7-19)39-24-15-10-21(11-16-24)30-28(33)20-8-12-22(13-9-20)32(35)36/h3-18,27H,1-2H3,(H,30,33)(H,31,34). The molecule has 39 heavy (non-hydrogen) atoms. The number of hydrogen-bond donors (Lipinski definition) is 2. The van der Waals surface area contributed by atoms with Crippen LogP contribution >= 0.6 is 11.8 Å². The fourth-order valence-electron chi connectivity index (χ4n) is 3.69. The van der Waals surface area contributed by atoms with Crippen LogP contribution < -0.4 is 20.1 Å². The molecule has 198 valence electrons. The summed E-state index contributed by atoms with van der Waals surface area (Å²) in [6.07, 6.45) is 0. The van der Waals surface area contributed by atoms with Crippen LogP contribution in [0.4, 0.5) is 17.1 Å². The number of nitro groups is 1. The van der Waals surface area contributed by atoms with Crippen molar-refractivity contribution in [2.75, 3.05) is 24.9 Å². The summed E-state index contributed by atoms with van der Waals surface area (Å²) in [4.78, 5) is 37.1. The summed E-state index contributed by atoms with van der Waals surface area (Å²) < 4.78 is 10.7. The summed E-state index contributed by atoms with van der Waals surface area (Å²) in [5, 5.41) is 16.0. The maximum absolute atomic E-state index is 13.5. The maximum Gasteiger partial charge on any atom is 0.269 e. The van der Waals surface area contributed by atoms with E-state index in [1.165, 1.54) is 43.1 Å². The highest BCUT2D eigenvalue weighted by atomic mass is 32.2. The molecule has 0 bridgehead atoms. The fourth-order valence-corrected chi connectivity index (χ4v) is 4.72. The third-order valence-corrected chi connectivity index (χ3v) is 6.98. The topological polar surface area (TPSA) is 120 Å². The summed E-state index contributed by atoms with van der Waals surface area (Å²) >= 11 is 1.36. The minimum Gasteiger partial charge on any atom is -0.497 e. The number of hydrogen-bond acceptors (Lipinski definition) is 7. The minimum atomic E-state index is -0.571. The summed E-state index contributed by atoms with van der Waals surface area (Å²) in [5.41, 5.74) is 2.10. The molecular formula is C29H25N3O6S. The summed E-state index contributed by atoms with van der Waals surface area (Å²) in [6.45, 7) is 0. The number of carbonyl (C=O) groups excluding carboxylic acids is 2. The average molecular weight is 544 g/mol. The van der Waals surface area contributed by atoms with Gasteiger partial charge in [-0.05, 0) is 54.1 Å². The predicted molar refractivity (Wildman–Crippen MR) is 151 cm³/mol. The molecule has 0 radical (unpaired) electrons. The largest absolute Gasteiger partial charge is 0.497 e. The van der Waals surface area contributed by atoms with Crippen molar-refractivity contribution >= 4 is 40.6 Å². The number of non-ortho nitro benzene ring substituents is 1. The van der Waals surface area contributed by atoms with Gasteiger partial charge in [-0.2, -0.15) is 0 Å². The van der Waals surface area contributed by atoms with E-state index >= 15 is 0 Å². The Bertz CT molecular complexity index is 1460. The number of nitro benzene ring substituents is 1. The predicted octanol–water partition coefficient (Wildman–Crippen LogP) is 6.34. The van der Waals surface area contributed by atoms with Crippen molar-refractivity contribution < 1.29 is 24.0 Å². The van der Waals surface area contributed by atoms with Crippen molar-refractivity contribution in [3.8, 4) is 11.5 Å². The molecule has 4 aromatic carbocycles. The Labute approximate surface area is 229 Å². The summed E-state index contributed by atoms with van der Waals surface area (Å²) in [7, 11) is 3.08. The van der Waals surface area contributed by atoms with Crippen LogP contribution in [0.2, 0.25) is 0 Å². The van der Waals surface area contributed by atoms with E-state index in [0.717, 1.165) is 10.5 Å². The number of rotatable bonds is 10. The van der Waals surface area contributed by atoms with Gasteiger partial charge in [-0.15, -0.1) is 11.8 Å². The van der Waals surface area contributed by atoms with E-state index < -0.39 is 10.2 Å². The minimum absolute atomic E-state index is 0.0876. The Morgan fingerprint density at radius 3 is 2.15 bits per heavy atom. The van der Waals surface area contributed by atoms with Crippen molar-refractivity contribution in [2.24, 2.45) is 0 Å². The second kappa shape index (κ2) is 12.6. The Morgan fingerprint density at radius 1 is 0.846 bits per heavy atom. The van der Waals surface area contributed by atoms with Crippen LogP contribution in [-0.2, 0) is 4.79 Å². The molecule has 1 atom stereocenters. The lowest BCUT2D eigenvalue weighted by molar-refractivity contribution is -0.384. The molecule has 0 aromatic heterocycles. The number of thioether (sulfide) groups is 1. The first-order valence-electron chi connectivity index (χ1n) is 11.8. The quantitative estimate of drug-likeness (QED) is 0.136. The first-order valence-corrected chi connectivity index (χ1v) is 12.7. The van der Waals surface area contributed by atoms with Crippen LogP contribution in [0.3, 0.4) is 0 Å². The molecule has 0 heterocycles. The Morgan fingerprint density at radius 2 is 1.54 bits per heavy atom. The molecule has 4 aromatic rings. The molecule has 0 spiro atoms. The van der Waals surface area contributed by atoms with Gasteiger partial charge in [-0.1, -0.05) is 30.3 Å². The van der Waals surface area contributed by atoms with Gasteiger partial charge in [0.1, 0.15) is 16.7 Å². The zero-order chi connectivity index (χ0) is 27.8. The van der Waals surface area contributed by atoms with E-state index in [1.807, 2.05) is 42.5 Å². The molecule has 0 aliphatic heterocycles. The first kappa shape index (κ1) is 27.2. The monoisotopic (exact) mass is 543 g/mol. The Hall–Kier alpha value is -4.83. The van der Waals surface area contributed by atoms with E-state index in [9.17, 15) is 19.7 Å². The molecule has 2 amide bonds. The van der Waals surface area contributed by atoms with Crippen LogP contribution in [-0.4, -0.2) is 31.0 Å². The van der Waals surface area contributed by atoms with Crippen molar-refractivity contribution in [1.29, 1.82) is 0 Å². The van der Waals surface area contributed by atoms with Gasteiger partial charge in [0.05, 0.1) is 24.8 Å². The van der Waals surface area contributed by atoms with Crippen LogP contribution in [0.25, 0.3) is 0 Å². The van der Waals surface area contributed by atoms with Gasteiger partial charge in [-0.25, -0.2) is 0 Å².